The molecule has 124 valence electrons. The van der Waals surface area contributed by atoms with Crippen molar-refractivity contribution >= 4 is 22.7 Å². The lowest BCUT2D eigenvalue weighted by Gasteiger charge is -2.18. The largest absolute Gasteiger partial charge is 0.508 e. The summed E-state index contributed by atoms with van der Waals surface area (Å²) >= 11 is 0. The van der Waals surface area contributed by atoms with Crippen LogP contribution < -0.4 is 0 Å². The molecule has 6 heteroatoms. The van der Waals surface area contributed by atoms with Crippen molar-refractivity contribution in [1.29, 1.82) is 0 Å². The lowest BCUT2D eigenvalue weighted by molar-refractivity contribution is -0.126. The van der Waals surface area contributed by atoms with Crippen LogP contribution in [0.3, 0.4) is 0 Å². The smallest absolute Gasteiger partial charge is 0.261 e. The molecule has 2 heterocycles. The number of carbonyl (C=O) groups is 2. The van der Waals surface area contributed by atoms with E-state index in [1.807, 2.05) is 13.2 Å². The van der Waals surface area contributed by atoms with E-state index in [-0.39, 0.29) is 24.1 Å². The van der Waals surface area contributed by atoms with Crippen molar-refractivity contribution in [2.75, 3.05) is 6.54 Å². The average Bonchev–Trinajstić information content (AvgIpc) is 3.13. The van der Waals surface area contributed by atoms with E-state index in [1.165, 1.54) is 11.8 Å². The molecule has 0 aliphatic rings. The van der Waals surface area contributed by atoms with Gasteiger partial charge in [-0.25, -0.2) is 0 Å². The second-order valence-corrected chi connectivity index (χ2v) is 5.84. The molecule has 0 aliphatic heterocycles. The first-order valence-electron chi connectivity index (χ1n) is 7.69. The molecule has 6 nitrogen and oxygen atoms in total. The number of aromatic hydroxyl groups is 1. The third kappa shape index (κ3) is 3.03. The number of aromatic amines is 1. The Balaban J connectivity index is 1.80. The molecule has 0 spiro atoms. The first kappa shape index (κ1) is 15.9. The number of H-pyrrole nitrogens is 1. The monoisotopic (exact) mass is 325 g/mol. The minimum Gasteiger partial charge on any atom is -0.508 e. The summed E-state index contributed by atoms with van der Waals surface area (Å²) < 4.78 is 1.77. The first-order chi connectivity index (χ1) is 11.5. The number of imide groups is 1. The van der Waals surface area contributed by atoms with Crippen molar-refractivity contribution < 1.29 is 14.7 Å². The highest BCUT2D eigenvalue weighted by molar-refractivity contribution is 6.04. The van der Waals surface area contributed by atoms with Gasteiger partial charge in [-0.05, 0) is 36.2 Å². The lowest BCUT2D eigenvalue weighted by Crippen LogP contribution is -2.36. The molecule has 24 heavy (non-hydrogen) atoms. The normalized spacial score (nSPS) is 10.9. The quantitative estimate of drug-likeness (QED) is 0.773. The number of nitrogens with one attached hydrogen (secondary N) is 1. The summed E-state index contributed by atoms with van der Waals surface area (Å²) in [7, 11) is 1.83. The minimum atomic E-state index is -0.300. The number of aromatic nitrogens is 2. The fourth-order valence-electron chi connectivity index (χ4n) is 2.79. The number of carbonyl (C=O) groups excluding carboxylic acids is 2. The SMILES string of the molecule is CC(=O)N(CCc1c[nH]c2ccc(O)cc12)C(=O)c1ccn(C)c1. The molecule has 0 atom stereocenters. The highest BCUT2D eigenvalue weighted by Gasteiger charge is 2.20. The van der Waals surface area contributed by atoms with E-state index in [1.54, 1.807) is 41.2 Å². The Kier molecular flexibility index (Phi) is 4.12. The van der Waals surface area contributed by atoms with E-state index in [9.17, 15) is 14.7 Å². The Hall–Kier alpha value is -3.02. The number of hydrogen-bond acceptors (Lipinski definition) is 3. The third-order valence-corrected chi connectivity index (χ3v) is 4.06. The average molecular weight is 325 g/mol. The van der Waals surface area contributed by atoms with Crippen LogP contribution in [-0.4, -0.2) is 37.9 Å². The second kappa shape index (κ2) is 6.23. The number of hydrogen-bond donors (Lipinski definition) is 2. The van der Waals surface area contributed by atoms with Gasteiger partial charge in [0.15, 0.2) is 0 Å². The van der Waals surface area contributed by atoms with Gasteiger partial charge in [-0.2, -0.15) is 0 Å². The number of fused-ring (bicyclic) bond motifs is 1. The van der Waals surface area contributed by atoms with Crippen LogP contribution in [0.4, 0.5) is 0 Å². The summed E-state index contributed by atoms with van der Waals surface area (Å²) in [5.41, 5.74) is 2.35. The van der Waals surface area contributed by atoms with Crippen molar-refractivity contribution in [3.63, 3.8) is 0 Å². The van der Waals surface area contributed by atoms with E-state index < -0.39 is 0 Å². The Morgan fingerprint density at radius 3 is 2.75 bits per heavy atom. The molecule has 3 rings (SSSR count). The zero-order valence-electron chi connectivity index (χ0n) is 13.6. The molecular formula is C18H19N3O3. The molecule has 0 saturated heterocycles. The first-order valence-corrected chi connectivity index (χ1v) is 7.69. The predicted molar refractivity (Wildman–Crippen MR) is 90.8 cm³/mol. The standard InChI is InChI=1S/C18H19N3O3/c1-12(22)21(18(24)14-5-7-20(2)11-14)8-6-13-10-19-17-4-3-15(23)9-16(13)17/h3-5,7,9-11,19,23H,6,8H2,1-2H3. The Morgan fingerprint density at radius 1 is 1.29 bits per heavy atom. The lowest BCUT2D eigenvalue weighted by atomic mass is 10.1. The zero-order valence-corrected chi connectivity index (χ0v) is 13.6. The van der Waals surface area contributed by atoms with Crippen LogP contribution in [0.25, 0.3) is 10.9 Å². The molecule has 2 aromatic heterocycles. The number of phenolic OH excluding ortho intramolecular Hbond substituents is 1. The van der Waals surface area contributed by atoms with Gasteiger partial charge < -0.3 is 14.7 Å². The van der Waals surface area contributed by atoms with Gasteiger partial charge in [0.1, 0.15) is 5.75 Å². The molecule has 0 bridgehead atoms. The van der Waals surface area contributed by atoms with Crippen LogP contribution in [0, 0.1) is 0 Å². The van der Waals surface area contributed by atoms with Crippen LogP contribution >= 0.6 is 0 Å². The van der Waals surface area contributed by atoms with E-state index in [0.717, 1.165) is 16.5 Å². The van der Waals surface area contributed by atoms with Crippen LogP contribution in [0.1, 0.15) is 22.8 Å². The van der Waals surface area contributed by atoms with Crippen molar-refractivity contribution in [1.82, 2.24) is 14.5 Å². The van der Waals surface area contributed by atoms with Gasteiger partial charge in [0, 0.05) is 50.0 Å². The Morgan fingerprint density at radius 2 is 2.08 bits per heavy atom. The maximum Gasteiger partial charge on any atom is 0.261 e. The van der Waals surface area contributed by atoms with Gasteiger partial charge in [-0.15, -0.1) is 0 Å². The third-order valence-electron chi connectivity index (χ3n) is 4.06. The Labute approximate surface area is 139 Å². The summed E-state index contributed by atoms with van der Waals surface area (Å²) in [5, 5.41) is 10.5. The molecule has 0 radical (unpaired) electrons. The fraction of sp³-hybridized carbons (Fsp3) is 0.222. The van der Waals surface area contributed by atoms with Crippen molar-refractivity contribution in [3.8, 4) is 5.75 Å². The highest BCUT2D eigenvalue weighted by Crippen LogP contribution is 2.23. The van der Waals surface area contributed by atoms with Gasteiger partial charge in [0.25, 0.3) is 5.91 Å². The van der Waals surface area contributed by atoms with Crippen LogP contribution in [0.15, 0.2) is 42.9 Å². The van der Waals surface area contributed by atoms with E-state index in [0.29, 0.717) is 12.0 Å². The number of amides is 2. The topological polar surface area (TPSA) is 78.3 Å². The molecule has 3 aromatic rings. The number of rotatable bonds is 4. The molecule has 2 N–H and O–H groups in total. The number of nitrogens with zero attached hydrogens (tertiary/aromatic N) is 2. The van der Waals surface area contributed by atoms with Crippen LogP contribution in [0.2, 0.25) is 0 Å². The molecular weight excluding hydrogens is 306 g/mol. The van der Waals surface area contributed by atoms with Gasteiger partial charge in [0.05, 0.1) is 5.56 Å². The summed E-state index contributed by atoms with van der Waals surface area (Å²) in [6.07, 6.45) is 5.83. The van der Waals surface area contributed by atoms with Crippen molar-refractivity contribution in [2.45, 2.75) is 13.3 Å². The van der Waals surface area contributed by atoms with Crippen molar-refractivity contribution in [3.05, 3.63) is 54.0 Å². The molecule has 2 amide bonds. The molecule has 0 aliphatic carbocycles. The Bertz CT molecular complexity index is 907. The summed E-state index contributed by atoms with van der Waals surface area (Å²) in [6, 6.07) is 6.79. The van der Waals surface area contributed by atoms with Gasteiger partial charge >= 0.3 is 0 Å². The minimum absolute atomic E-state index is 0.187. The molecule has 0 fully saturated rings. The number of aryl methyl sites for hydroxylation is 1. The summed E-state index contributed by atoms with van der Waals surface area (Å²) in [5.74, 6) is -0.399. The number of benzene rings is 1. The maximum absolute atomic E-state index is 12.5. The van der Waals surface area contributed by atoms with Gasteiger partial charge in [-0.1, -0.05) is 0 Å². The van der Waals surface area contributed by atoms with E-state index in [2.05, 4.69) is 4.98 Å². The number of phenols is 1. The highest BCUT2D eigenvalue weighted by atomic mass is 16.3. The van der Waals surface area contributed by atoms with E-state index in [4.69, 9.17) is 0 Å². The molecule has 0 unspecified atom stereocenters. The van der Waals surface area contributed by atoms with E-state index >= 15 is 0 Å². The van der Waals surface area contributed by atoms with Crippen LogP contribution in [-0.2, 0) is 18.3 Å². The summed E-state index contributed by atoms with van der Waals surface area (Å²) in [6.45, 7) is 1.67. The van der Waals surface area contributed by atoms with Gasteiger partial charge in [0.2, 0.25) is 5.91 Å². The molecule has 1 aromatic carbocycles. The summed E-state index contributed by atoms with van der Waals surface area (Å²) in [4.78, 5) is 28.8. The maximum atomic E-state index is 12.5. The zero-order chi connectivity index (χ0) is 17.3. The van der Waals surface area contributed by atoms with Crippen molar-refractivity contribution in [2.24, 2.45) is 7.05 Å². The van der Waals surface area contributed by atoms with Gasteiger partial charge in [-0.3, -0.25) is 14.5 Å². The fourth-order valence-corrected chi connectivity index (χ4v) is 2.79. The molecule has 0 saturated carbocycles. The predicted octanol–water partition coefficient (Wildman–Crippen LogP) is 2.44. The van der Waals surface area contributed by atoms with Crippen LogP contribution in [0.5, 0.6) is 5.75 Å². The second-order valence-electron chi connectivity index (χ2n) is 5.84.